The lowest BCUT2D eigenvalue weighted by atomic mass is 10.1. The Bertz CT molecular complexity index is 848. The third kappa shape index (κ3) is 4.96. The molecule has 0 aliphatic rings. The van der Waals surface area contributed by atoms with Crippen LogP contribution < -0.4 is 10.1 Å². The van der Waals surface area contributed by atoms with Crippen molar-refractivity contribution < 1.29 is 4.74 Å². The van der Waals surface area contributed by atoms with Crippen molar-refractivity contribution in [3.8, 4) is 5.75 Å². The summed E-state index contributed by atoms with van der Waals surface area (Å²) in [6, 6.07) is 25.3. The zero-order valence-corrected chi connectivity index (χ0v) is 16.8. The molecule has 3 aromatic carbocycles. The maximum atomic E-state index is 6.14. The van der Waals surface area contributed by atoms with Gasteiger partial charge in [-0.2, -0.15) is 0 Å². The van der Waals surface area contributed by atoms with Crippen LogP contribution in [0.4, 0.5) is 0 Å². The average molecular weight is 410 g/mol. The quantitative estimate of drug-likeness (QED) is 0.502. The van der Waals surface area contributed by atoms with Crippen LogP contribution in [0.15, 0.2) is 77.3 Å². The molecular formula is C23H24BrNO. The van der Waals surface area contributed by atoms with Crippen LogP contribution in [0.1, 0.15) is 35.2 Å². The lowest BCUT2D eigenvalue weighted by molar-refractivity contribution is 0.301. The van der Waals surface area contributed by atoms with Crippen molar-refractivity contribution in [1.29, 1.82) is 0 Å². The Balaban J connectivity index is 1.69. The van der Waals surface area contributed by atoms with Gasteiger partial charge in [0.25, 0.3) is 0 Å². The van der Waals surface area contributed by atoms with Crippen LogP contribution in [0.2, 0.25) is 0 Å². The van der Waals surface area contributed by atoms with Gasteiger partial charge in [-0.05, 0) is 48.7 Å². The predicted octanol–water partition coefficient (Wildman–Crippen LogP) is 6.19. The molecule has 2 nitrogen and oxygen atoms in total. The molecule has 0 spiro atoms. The van der Waals surface area contributed by atoms with Gasteiger partial charge >= 0.3 is 0 Å². The van der Waals surface area contributed by atoms with Gasteiger partial charge in [0.1, 0.15) is 12.4 Å². The van der Waals surface area contributed by atoms with Crippen molar-refractivity contribution in [2.45, 2.75) is 33.0 Å². The SMILES string of the molecule is Cc1ccccc1COc1ccc(Br)cc1CN[C@H](C)c1ccccc1. The second-order valence-electron chi connectivity index (χ2n) is 6.48. The molecule has 0 saturated carbocycles. The molecule has 0 bridgehead atoms. The molecule has 3 rings (SSSR count). The first-order chi connectivity index (χ1) is 12.6. The maximum Gasteiger partial charge on any atom is 0.124 e. The zero-order valence-electron chi connectivity index (χ0n) is 15.2. The van der Waals surface area contributed by atoms with E-state index in [9.17, 15) is 0 Å². The van der Waals surface area contributed by atoms with E-state index in [-0.39, 0.29) is 6.04 Å². The van der Waals surface area contributed by atoms with E-state index in [4.69, 9.17) is 4.74 Å². The molecule has 0 unspecified atom stereocenters. The Morgan fingerprint density at radius 2 is 1.65 bits per heavy atom. The summed E-state index contributed by atoms with van der Waals surface area (Å²) in [7, 11) is 0. The Morgan fingerprint density at radius 1 is 0.923 bits per heavy atom. The van der Waals surface area contributed by atoms with Gasteiger partial charge in [-0.25, -0.2) is 0 Å². The van der Waals surface area contributed by atoms with E-state index in [1.165, 1.54) is 16.7 Å². The van der Waals surface area contributed by atoms with Gasteiger partial charge in [0.15, 0.2) is 0 Å². The van der Waals surface area contributed by atoms with Gasteiger partial charge in [-0.1, -0.05) is 70.5 Å². The normalized spacial score (nSPS) is 12.0. The van der Waals surface area contributed by atoms with Crippen molar-refractivity contribution in [1.82, 2.24) is 5.32 Å². The first kappa shape index (κ1) is 18.7. The number of hydrogen-bond acceptors (Lipinski definition) is 2. The van der Waals surface area contributed by atoms with Gasteiger partial charge in [0.05, 0.1) is 0 Å². The van der Waals surface area contributed by atoms with Gasteiger partial charge in [-0.15, -0.1) is 0 Å². The second-order valence-corrected chi connectivity index (χ2v) is 7.40. The van der Waals surface area contributed by atoms with E-state index < -0.39 is 0 Å². The molecule has 0 saturated heterocycles. The monoisotopic (exact) mass is 409 g/mol. The highest BCUT2D eigenvalue weighted by Gasteiger charge is 2.09. The molecule has 3 aromatic rings. The Labute approximate surface area is 164 Å². The number of halogens is 1. The van der Waals surface area contributed by atoms with Crippen molar-refractivity contribution >= 4 is 15.9 Å². The van der Waals surface area contributed by atoms with Crippen molar-refractivity contribution in [2.24, 2.45) is 0 Å². The molecule has 0 amide bonds. The summed E-state index contributed by atoms with van der Waals surface area (Å²) in [6.45, 7) is 5.62. The molecule has 1 atom stereocenters. The predicted molar refractivity (Wildman–Crippen MR) is 111 cm³/mol. The molecular weight excluding hydrogens is 386 g/mol. The smallest absolute Gasteiger partial charge is 0.124 e. The number of benzene rings is 3. The molecule has 1 N–H and O–H groups in total. The van der Waals surface area contributed by atoms with Crippen molar-refractivity contribution in [3.63, 3.8) is 0 Å². The molecule has 134 valence electrons. The first-order valence-corrected chi connectivity index (χ1v) is 9.67. The summed E-state index contributed by atoms with van der Waals surface area (Å²) in [5.74, 6) is 0.921. The number of ether oxygens (including phenoxy) is 1. The van der Waals surface area contributed by atoms with Gasteiger partial charge in [0.2, 0.25) is 0 Å². The maximum absolute atomic E-state index is 6.14. The molecule has 0 aliphatic heterocycles. The van der Waals surface area contributed by atoms with Crippen LogP contribution in [0.3, 0.4) is 0 Å². The summed E-state index contributed by atoms with van der Waals surface area (Å²) >= 11 is 3.57. The first-order valence-electron chi connectivity index (χ1n) is 8.87. The minimum Gasteiger partial charge on any atom is -0.489 e. The number of aryl methyl sites for hydroxylation is 1. The summed E-state index contributed by atoms with van der Waals surface area (Å²) in [6.07, 6.45) is 0. The molecule has 0 fully saturated rings. The minimum atomic E-state index is 0.277. The standard InChI is InChI=1S/C23H24BrNO/c1-17-8-6-7-11-20(17)16-26-23-13-12-22(24)14-21(23)15-25-18(2)19-9-4-3-5-10-19/h3-14,18,25H,15-16H2,1-2H3/t18-/m1/s1. The summed E-state index contributed by atoms with van der Waals surface area (Å²) in [4.78, 5) is 0. The zero-order chi connectivity index (χ0) is 18.4. The fraction of sp³-hybridized carbons (Fsp3) is 0.217. The van der Waals surface area contributed by atoms with Crippen LogP contribution in [0, 0.1) is 6.92 Å². The summed E-state index contributed by atoms with van der Waals surface area (Å²) < 4.78 is 7.20. The van der Waals surface area contributed by atoms with E-state index in [1.807, 2.05) is 18.2 Å². The van der Waals surface area contributed by atoms with Crippen LogP contribution in [-0.2, 0) is 13.2 Å². The Kier molecular flexibility index (Phi) is 6.48. The van der Waals surface area contributed by atoms with Crippen LogP contribution in [0.25, 0.3) is 0 Å². The molecule has 0 aliphatic carbocycles. The van der Waals surface area contributed by atoms with Gasteiger partial charge < -0.3 is 10.1 Å². The average Bonchev–Trinajstić information content (AvgIpc) is 2.67. The highest BCUT2D eigenvalue weighted by molar-refractivity contribution is 9.10. The van der Waals surface area contributed by atoms with E-state index in [0.717, 1.165) is 22.3 Å². The number of rotatable bonds is 7. The van der Waals surface area contributed by atoms with Crippen molar-refractivity contribution in [3.05, 3.63) is 99.5 Å². The largest absolute Gasteiger partial charge is 0.489 e. The molecule has 0 radical (unpaired) electrons. The lowest BCUT2D eigenvalue weighted by Crippen LogP contribution is -2.18. The molecule has 0 heterocycles. The fourth-order valence-corrected chi connectivity index (χ4v) is 3.29. The summed E-state index contributed by atoms with van der Waals surface area (Å²) in [5, 5.41) is 3.59. The second kappa shape index (κ2) is 9.02. The lowest BCUT2D eigenvalue weighted by Gasteiger charge is -2.17. The van der Waals surface area contributed by atoms with Crippen LogP contribution in [0.5, 0.6) is 5.75 Å². The third-order valence-electron chi connectivity index (χ3n) is 4.57. The van der Waals surface area contributed by atoms with E-state index in [2.05, 4.69) is 89.7 Å². The number of hydrogen-bond donors (Lipinski definition) is 1. The topological polar surface area (TPSA) is 21.3 Å². The molecule has 26 heavy (non-hydrogen) atoms. The van der Waals surface area contributed by atoms with Gasteiger partial charge in [0, 0.05) is 22.6 Å². The fourth-order valence-electron chi connectivity index (χ4n) is 2.88. The third-order valence-corrected chi connectivity index (χ3v) is 5.06. The van der Waals surface area contributed by atoms with Crippen LogP contribution >= 0.6 is 15.9 Å². The van der Waals surface area contributed by atoms with Crippen LogP contribution in [-0.4, -0.2) is 0 Å². The number of nitrogens with one attached hydrogen (secondary N) is 1. The highest BCUT2D eigenvalue weighted by Crippen LogP contribution is 2.25. The highest BCUT2D eigenvalue weighted by atomic mass is 79.9. The Morgan fingerprint density at radius 3 is 2.42 bits per heavy atom. The molecule has 3 heteroatoms. The summed E-state index contributed by atoms with van der Waals surface area (Å²) in [5.41, 5.74) is 4.90. The van der Waals surface area contributed by atoms with Crippen molar-refractivity contribution in [2.75, 3.05) is 0 Å². The van der Waals surface area contributed by atoms with E-state index >= 15 is 0 Å². The van der Waals surface area contributed by atoms with E-state index in [1.54, 1.807) is 0 Å². The van der Waals surface area contributed by atoms with E-state index in [0.29, 0.717) is 6.61 Å². The minimum absolute atomic E-state index is 0.277. The Hall–Kier alpha value is -2.10. The van der Waals surface area contributed by atoms with Gasteiger partial charge in [-0.3, -0.25) is 0 Å². The molecule has 0 aromatic heterocycles.